The van der Waals surface area contributed by atoms with Crippen LogP contribution >= 0.6 is 0 Å². The van der Waals surface area contributed by atoms with Gasteiger partial charge in [0.2, 0.25) is 0 Å². The second-order valence-electron chi connectivity index (χ2n) is 6.10. The molecular formula is C17H24N2O3. The molecule has 0 aliphatic carbocycles. The number of hydrogen-bond donors (Lipinski definition) is 2. The third-order valence-electron chi connectivity index (χ3n) is 3.97. The van der Waals surface area contributed by atoms with Crippen LogP contribution in [0.15, 0.2) is 24.3 Å². The Hall–Kier alpha value is -1.88. The van der Waals surface area contributed by atoms with Crippen molar-refractivity contribution in [1.82, 2.24) is 5.32 Å². The zero-order chi connectivity index (χ0) is 16.1. The van der Waals surface area contributed by atoms with Gasteiger partial charge in [-0.1, -0.05) is 26.0 Å². The van der Waals surface area contributed by atoms with Gasteiger partial charge in [-0.15, -0.1) is 0 Å². The predicted octanol–water partition coefficient (Wildman–Crippen LogP) is 3.07. The van der Waals surface area contributed by atoms with Gasteiger partial charge in [0.05, 0.1) is 6.10 Å². The lowest BCUT2D eigenvalue weighted by molar-refractivity contribution is 0.0546. The van der Waals surface area contributed by atoms with Gasteiger partial charge in [-0.3, -0.25) is 4.79 Å². The van der Waals surface area contributed by atoms with Crippen molar-refractivity contribution in [3.05, 3.63) is 29.8 Å². The minimum absolute atomic E-state index is 0.0214. The summed E-state index contributed by atoms with van der Waals surface area (Å²) in [7, 11) is 0. The van der Waals surface area contributed by atoms with E-state index in [9.17, 15) is 9.59 Å². The first-order valence-corrected chi connectivity index (χ1v) is 7.75. The summed E-state index contributed by atoms with van der Waals surface area (Å²) in [4.78, 5) is 23.3. The third-order valence-corrected chi connectivity index (χ3v) is 3.97. The van der Waals surface area contributed by atoms with E-state index in [2.05, 4.69) is 24.5 Å². The maximum atomic E-state index is 12.0. The van der Waals surface area contributed by atoms with E-state index in [0.29, 0.717) is 29.6 Å². The molecule has 0 saturated carbocycles. The molecule has 1 aromatic rings. The normalized spacial score (nSPS) is 20.9. The smallest absolute Gasteiger partial charge is 0.319 e. The molecule has 1 fully saturated rings. The Bertz CT molecular complexity index is 542. The number of Topliss-reactive ketones (excluding diaryl/α,β-unsaturated/α-hetero) is 1. The highest BCUT2D eigenvalue weighted by Gasteiger charge is 2.30. The van der Waals surface area contributed by atoms with Gasteiger partial charge in [-0.05, 0) is 31.4 Å². The lowest BCUT2D eigenvalue weighted by atomic mass is 9.93. The topological polar surface area (TPSA) is 67.4 Å². The van der Waals surface area contributed by atoms with Crippen LogP contribution in [-0.4, -0.2) is 31.1 Å². The molecule has 22 heavy (non-hydrogen) atoms. The minimum atomic E-state index is -0.255. The molecule has 2 rings (SSSR count). The van der Waals surface area contributed by atoms with Crippen LogP contribution < -0.4 is 10.6 Å². The summed E-state index contributed by atoms with van der Waals surface area (Å²) in [5.41, 5.74) is 1.20. The number of rotatable bonds is 5. The number of benzene rings is 1. The van der Waals surface area contributed by atoms with Crippen molar-refractivity contribution in [2.75, 3.05) is 18.5 Å². The largest absolute Gasteiger partial charge is 0.378 e. The van der Waals surface area contributed by atoms with Gasteiger partial charge in [0.15, 0.2) is 5.78 Å². The molecule has 1 heterocycles. The van der Waals surface area contributed by atoms with Crippen molar-refractivity contribution >= 4 is 17.5 Å². The molecule has 2 N–H and O–H groups in total. The summed E-state index contributed by atoms with van der Waals surface area (Å²) in [5, 5.41) is 5.65. The van der Waals surface area contributed by atoms with E-state index < -0.39 is 0 Å². The molecule has 5 heteroatoms. The molecular weight excluding hydrogens is 280 g/mol. The maximum Gasteiger partial charge on any atom is 0.319 e. The number of nitrogens with one attached hydrogen (secondary N) is 2. The van der Waals surface area contributed by atoms with Crippen LogP contribution in [0.1, 0.15) is 37.6 Å². The van der Waals surface area contributed by atoms with E-state index in [1.54, 1.807) is 24.3 Å². The quantitative estimate of drug-likeness (QED) is 0.822. The van der Waals surface area contributed by atoms with Crippen LogP contribution in [0.4, 0.5) is 10.5 Å². The Kier molecular flexibility index (Phi) is 5.55. The lowest BCUT2D eigenvalue weighted by Gasteiger charge is -2.22. The van der Waals surface area contributed by atoms with Crippen molar-refractivity contribution < 1.29 is 14.3 Å². The predicted molar refractivity (Wildman–Crippen MR) is 86.2 cm³/mol. The molecule has 5 nitrogen and oxygen atoms in total. The number of urea groups is 1. The van der Waals surface area contributed by atoms with Crippen LogP contribution in [0.25, 0.3) is 0 Å². The standard InChI is InChI=1S/C17H24N2O3/c1-11(2)16-14(7-8-22-16)10-18-17(21)19-15-6-4-5-13(9-15)12(3)20/h4-6,9,11,14,16H,7-8,10H2,1-3H3,(H2,18,19,21)/t14-,16+/m0/s1. The highest BCUT2D eigenvalue weighted by atomic mass is 16.5. The van der Waals surface area contributed by atoms with Gasteiger partial charge in [0, 0.05) is 30.3 Å². The fourth-order valence-electron chi connectivity index (χ4n) is 2.83. The number of anilines is 1. The second-order valence-corrected chi connectivity index (χ2v) is 6.10. The SMILES string of the molecule is CC(=O)c1cccc(NC(=O)NC[C@@H]2CCO[C@@H]2C(C)C)c1. The zero-order valence-corrected chi connectivity index (χ0v) is 13.4. The number of amides is 2. The van der Waals surface area contributed by atoms with Gasteiger partial charge in [-0.2, -0.15) is 0 Å². The Morgan fingerprint density at radius 3 is 2.82 bits per heavy atom. The summed E-state index contributed by atoms with van der Waals surface area (Å²) < 4.78 is 5.71. The number of carbonyl (C=O) groups excluding carboxylic acids is 2. The van der Waals surface area contributed by atoms with E-state index in [0.717, 1.165) is 13.0 Å². The fourth-order valence-corrected chi connectivity index (χ4v) is 2.83. The van der Waals surface area contributed by atoms with Crippen LogP contribution in [0.3, 0.4) is 0 Å². The first-order chi connectivity index (χ1) is 10.5. The van der Waals surface area contributed by atoms with Gasteiger partial charge in [0.1, 0.15) is 0 Å². The molecule has 0 aromatic heterocycles. The third kappa shape index (κ3) is 4.31. The highest BCUT2D eigenvalue weighted by Crippen LogP contribution is 2.26. The second kappa shape index (κ2) is 7.40. The van der Waals surface area contributed by atoms with Crippen molar-refractivity contribution in [1.29, 1.82) is 0 Å². The monoisotopic (exact) mass is 304 g/mol. The molecule has 1 saturated heterocycles. The minimum Gasteiger partial charge on any atom is -0.378 e. The Morgan fingerprint density at radius 2 is 2.14 bits per heavy atom. The first-order valence-electron chi connectivity index (χ1n) is 7.75. The van der Waals surface area contributed by atoms with Gasteiger partial charge < -0.3 is 15.4 Å². The van der Waals surface area contributed by atoms with Gasteiger partial charge >= 0.3 is 6.03 Å². The first kappa shape index (κ1) is 16.5. The van der Waals surface area contributed by atoms with Crippen LogP contribution in [0.2, 0.25) is 0 Å². The average Bonchev–Trinajstić information content (AvgIpc) is 2.94. The van der Waals surface area contributed by atoms with Crippen molar-refractivity contribution in [2.45, 2.75) is 33.3 Å². The van der Waals surface area contributed by atoms with Crippen LogP contribution in [0.5, 0.6) is 0 Å². The van der Waals surface area contributed by atoms with Crippen molar-refractivity contribution in [3.63, 3.8) is 0 Å². The van der Waals surface area contributed by atoms with Gasteiger partial charge in [-0.25, -0.2) is 4.79 Å². The fraction of sp³-hybridized carbons (Fsp3) is 0.529. The summed E-state index contributed by atoms with van der Waals surface area (Å²) >= 11 is 0. The van der Waals surface area contributed by atoms with E-state index >= 15 is 0 Å². The van der Waals surface area contributed by atoms with Gasteiger partial charge in [0.25, 0.3) is 0 Å². The Morgan fingerprint density at radius 1 is 1.36 bits per heavy atom. The highest BCUT2D eigenvalue weighted by molar-refractivity contribution is 5.96. The zero-order valence-electron chi connectivity index (χ0n) is 13.4. The molecule has 2 atom stereocenters. The van der Waals surface area contributed by atoms with E-state index in [1.807, 2.05) is 0 Å². The molecule has 0 spiro atoms. The number of hydrogen-bond acceptors (Lipinski definition) is 3. The average molecular weight is 304 g/mol. The lowest BCUT2D eigenvalue weighted by Crippen LogP contribution is -2.37. The molecule has 2 amide bonds. The van der Waals surface area contributed by atoms with Crippen LogP contribution in [-0.2, 0) is 4.74 Å². The summed E-state index contributed by atoms with van der Waals surface area (Å²) in [6.45, 7) is 7.14. The Balaban J connectivity index is 1.85. The number of ether oxygens (including phenoxy) is 1. The van der Waals surface area contributed by atoms with Crippen LogP contribution in [0, 0.1) is 11.8 Å². The number of carbonyl (C=O) groups is 2. The molecule has 120 valence electrons. The molecule has 1 aromatic carbocycles. The van der Waals surface area contributed by atoms with Crippen molar-refractivity contribution in [2.24, 2.45) is 11.8 Å². The summed E-state index contributed by atoms with van der Waals surface area (Å²) in [6, 6.07) is 6.68. The Labute approximate surface area is 131 Å². The number of ketones is 1. The summed E-state index contributed by atoms with van der Waals surface area (Å²) in [5.74, 6) is 0.783. The molecule has 1 aliphatic rings. The van der Waals surface area contributed by atoms with E-state index in [-0.39, 0.29) is 17.9 Å². The molecule has 1 aliphatic heterocycles. The molecule has 0 radical (unpaired) electrons. The van der Waals surface area contributed by atoms with E-state index in [1.165, 1.54) is 6.92 Å². The summed E-state index contributed by atoms with van der Waals surface area (Å²) in [6.07, 6.45) is 1.18. The van der Waals surface area contributed by atoms with Crippen molar-refractivity contribution in [3.8, 4) is 0 Å². The maximum absolute atomic E-state index is 12.0. The molecule has 0 bridgehead atoms. The van der Waals surface area contributed by atoms with E-state index in [4.69, 9.17) is 4.74 Å². The molecule has 0 unspecified atom stereocenters.